The van der Waals surface area contributed by atoms with Crippen LogP contribution in [0.5, 0.6) is 0 Å². The zero-order valence-corrected chi connectivity index (χ0v) is 40.8. The maximum Gasteiger partial charge on any atom is 0.0541 e. The van der Waals surface area contributed by atoms with Gasteiger partial charge in [0.2, 0.25) is 0 Å². The molecular weight excluding hydrogens is 893 g/mol. The van der Waals surface area contributed by atoms with Gasteiger partial charge in [0.05, 0.1) is 11.0 Å². The molecule has 74 heavy (non-hydrogen) atoms. The molecule has 0 aliphatic carbocycles. The summed E-state index contributed by atoms with van der Waals surface area (Å²) in [5.74, 6) is 0. The largest absolute Gasteiger partial charge is 0.310 e. The third-order valence-corrected chi connectivity index (χ3v) is 14.4. The second-order valence-corrected chi connectivity index (χ2v) is 18.9. The lowest BCUT2D eigenvalue weighted by atomic mass is 9.86. The van der Waals surface area contributed by atoms with E-state index in [0.29, 0.717) is 0 Å². The second-order valence-electron chi connectivity index (χ2n) is 18.9. The summed E-state index contributed by atoms with van der Waals surface area (Å²) < 4.78 is 2.38. The van der Waals surface area contributed by atoms with Gasteiger partial charge in [-0.3, -0.25) is 0 Å². The number of anilines is 3. The quantitative estimate of drug-likeness (QED) is 0.125. The molecule has 13 aromatic rings. The van der Waals surface area contributed by atoms with E-state index in [4.69, 9.17) is 0 Å². The molecule has 1 aromatic heterocycles. The normalized spacial score (nSPS) is 11.2. The number of nitrogens with zero attached hydrogens (tertiary/aromatic N) is 2. The molecular formula is C72H50N2. The van der Waals surface area contributed by atoms with Crippen molar-refractivity contribution in [2.45, 2.75) is 0 Å². The highest BCUT2D eigenvalue weighted by Crippen LogP contribution is 2.46. The Labute approximate surface area is 433 Å². The zero-order valence-electron chi connectivity index (χ0n) is 40.8. The van der Waals surface area contributed by atoms with Crippen LogP contribution in [0.2, 0.25) is 0 Å². The Morgan fingerprint density at radius 1 is 0.203 bits per heavy atom. The molecule has 0 N–H and O–H groups in total. The van der Waals surface area contributed by atoms with Crippen LogP contribution < -0.4 is 4.90 Å². The summed E-state index contributed by atoms with van der Waals surface area (Å²) in [7, 11) is 0. The van der Waals surface area contributed by atoms with Crippen molar-refractivity contribution in [3.8, 4) is 83.6 Å². The van der Waals surface area contributed by atoms with Crippen LogP contribution >= 0.6 is 0 Å². The van der Waals surface area contributed by atoms with Gasteiger partial charge in [0, 0.05) is 33.5 Å². The lowest BCUT2D eigenvalue weighted by Gasteiger charge is -2.27. The van der Waals surface area contributed by atoms with E-state index in [0.717, 1.165) is 45.0 Å². The average molecular weight is 943 g/mol. The minimum atomic E-state index is 1.08. The Morgan fingerprint density at radius 2 is 0.595 bits per heavy atom. The molecule has 0 atom stereocenters. The summed E-state index contributed by atoms with van der Waals surface area (Å²) in [6.07, 6.45) is 0. The molecule has 2 heteroatoms. The highest BCUT2D eigenvalue weighted by atomic mass is 15.1. The first-order valence-electron chi connectivity index (χ1n) is 25.4. The smallest absolute Gasteiger partial charge is 0.0541 e. The third kappa shape index (κ3) is 8.35. The minimum Gasteiger partial charge on any atom is -0.310 e. The summed E-state index contributed by atoms with van der Waals surface area (Å²) in [5.41, 5.74) is 23.3. The van der Waals surface area contributed by atoms with Crippen LogP contribution in [0.4, 0.5) is 17.1 Å². The van der Waals surface area contributed by atoms with E-state index in [-0.39, 0.29) is 0 Å². The molecule has 13 rings (SSSR count). The SMILES string of the molecule is c1ccc(-c2ccc(N(c3ccccc3)c3ccc(-c4ccc(-c5ccc(-c6ccc7c(c6)c6ccccc6n7-c6ccccc6)c(-c6ccccc6)c5)cc4-c4ccccc4)c(-c4ccccc4)c3)cc2)cc1. The van der Waals surface area contributed by atoms with Crippen molar-refractivity contribution in [2.24, 2.45) is 0 Å². The molecule has 12 aromatic carbocycles. The summed E-state index contributed by atoms with van der Waals surface area (Å²) in [5, 5.41) is 2.48. The van der Waals surface area contributed by atoms with Crippen LogP contribution in [0.1, 0.15) is 0 Å². The monoisotopic (exact) mass is 942 g/mol. The minimum absolute atomic E-state index is 1.08. The van der Waals surface area contributed by atoms with Gasteiger partial charge in [0.25, 0.3) is 0 Å². The molecule has 348 valence electrons. The van der Waals surface area contributed by atoms with Crippen LogP contribution in [0, 0.1) is 0 Å². The fraction of sp³-hybridized carbons (Fsp3) is 0. The van der Waals surface area contributed by atoms with E-state index < -0.39 is 0 Å². The van der Waals surface area contributed by atoms with Crippen molar-refractivity contribution >= 4 is 38.9 Å². The van der Waals surface area contributed by atoms with Crippen molar-refractivity contribution < 1.29 is 0 Å². The highest BCUT2D eigenvalue weighted by molar-refractivity contribution is 6.11. The van der Waals surface area contributed by atoms with Gasteiger partial charge in [-0.25, -0.2) is 0 Å². The number of hydrogen-bond donors (Lipinski definition) is 0. The Hall–Kier alpha value is -9.76. The van der Waals surface area contributed by atoms with Gasteiger partial charge in [-0.1, -0.05) is 224 Å². The molecule has 0 saturated carbocycles. The van der Waals surface area contributed by atoms with E-state index in [1.165, 1.54) is 77.4 Å². The lowest BCUT2D eigenvalue weighted by Crippen LogP contribution is -2.10. The van der Waals surface area contributed by atoms with E-state index in [1.807, 2.05) is 0 Å². The van der Waals surface area contributed by atoms with Crippen molar-refractivity contribution in [1.82, 2.24) is 4.57 Å². The Bertz CT molecular complexity index is 4070. The summed E-state index contributed by atoms with van der Waals surface area (Å²) in [6.45, 7) is 0. The number of rotatable bonds is 11. The fourth-order valence-corrected chi connectivity index (χ4v) is 10.9. The maximum absolute atomic E-state index is 2.40. The molecule has 0 saturated heterocycles. The Kier molecular flexibility index (Phi) is 11.6. The van der Waals surface area contributed by atoms with Gasteiger partial charge in [-0.15, -0.1) is 0 Å². The van der Waals surface area contributed by atoms with Crippen LogP contribution in [0.25, 0.3) is 105 Å². The zero-order chi connectivity index (χ0) is 49.2. The predicted molar refractivity (Wildman–Crippen MR) is 314 cm³/mol. The van der Waals surface area contributed by atoms with Crippen LogP contribution in [-0.2, 0) is 0 Å². The standard InChI is InChI=1S/C72H50N2/c1-7-21-51(22-8-1)52-35-40-61(41-36-52)73(59-29-15-5-16-30-59)62-42-45-65(69(50-62)55-27-13-4-14-28-55)64-44-38-57(48-68(64)54-25-11-3-12-26-54)56-37-43-63(67(47-56)53-23-9-2-10-24-53)58-39-46-72-70(49-58)66-33-19-20-34-71(66)74(72)60-31-17-6-18-32-60/h1-50H. The first-order chi connectivity index (χ1) is 36.7. The topological polar surface area (TPSA) is 8.17 Å². The number of fused-ring (bicyclic) bond motifs is 3. The molecule has 0 aliphatic rings. The van der Waals surface area contributed by atoms with Gasteiger partial charge >= 0.3 is 0 Å². The van der Waals surface area contributed by atoms with Crippen molar-refractivity contribution in [3.63, 3.8) is 0 Å². The highest BCUT2D eigenvalue weighted by Gasteiger charge is 2.21. The van der Waals surface area contributed by atoms with Gasteiger partial charge in [-0.2, -0.15) is 0 Å². The molecule has 0 radical (unpaired) electrons. The van der Waals surface area contributed by atoms with Gasteiger partial charge in [-0.05, 0) is 157 Å². The van der Waals surface area contributed by atoms with Crippen LogP contribution in [0.15, 0.2) is 303 Å². The van der Waals surface area contributed by atoms with Crippen LogP contribution in [0.3, 0.4) is 0 Å². The first kappa shape index (κ1) is 44.2. The summed E-state index contributed by atoms with van der Waals surface area (Å²) in [6, 6.07) is 110. The van der Waals surface area contributed by atoms with E-state index in [9.17, 15) is 0 Å². The second kappa shape index (κ2) is 19.4. The molecule has 0 unspecified atom stereocenters. The number of hydrogen-bond acceptors (Lipinski definition) is 1. The van der Waals surface area contributed by atoms with Crippen molar-refractivity contribution in [2.75, 3.05) is 4.90 Å². The van der Waals surface area contributed by atoms with Gasteiger partial charge in [0.1, 0.15) is 0 Å². The number of aromatic nitrogens is 1. The molecule has 0 fully saturated rings. The Morgan fingerprint density at radius 3 is 1.19 bits per heavy atom. The molecule has 0 aliphatic heterocycles. The number of benzene rings is 12. The maximum atomic E-state index is 2.40. The first-order valence-corrected chi connectivity index (χ1v) is 25.4. The molecule has 0 spiro atoms. The van der Waals surface area contributed by atoms with Crippen molar-refractivity contribution in [1.29, 1.82) is 0 Å². The molecule has 0 bridgehead atoms. The third-order valence-electron chi connectivity index (χ3n) is 14.4. The Balaban J connectivity index is 0.942. The fourth-order valence-electron chi connectivity index (χ4n) is 10.9. The molecule has 1 heterocycles. The van der Waals surface area contributed by atoms with E-state index in [1.54, 1.807) is 0 Å². The van der Waals surface area contributed by atoms with Crippen LogP contribution in [-0.4, -0.2) is 4.57 Å². The summed E-state index contributed by atoms with van der Waals surface area (Å²) >= 11 is 0. The van der Waals surface area contributed by atoms with E-state index in [2.05, 4.69) is 313 Å². The molecule has 2 nitrogen and oxygen atoms in total. The summed E-state index contributed by atoms with van der Waals surface area (Å²) in [4.78, 5) is 2.36. The van der Waals surface area contributed by atoms with E-state index >= 15 is 0 Å². The molecule has 0 amide bonds. The van der Waals surface area contributed by atoms with Gasteiger partial charge < -0.3 is 9.47 Å². The van der Waals surface area contributed by atoms with Crippen molar-refractivity contribution in [3.05, 3.63) is 303 Å². The average Bonchev–Trinajstić information content (AvgIpc) is 3.82. The number of para-hydroxylation sites is 3. The lowest BCUT2D eigenvalue weighted by molar-refractivity contribution is 1.18. The van der Waals surface area contributed by atoms with Gasteiger partial charge in [0.15, 0.2) is 0 Å². The predicted octanol–water partition coefficient (Wildman–Crippen LogP) is 19.9.